The second kappa shape index (κ2) is 5.68. The third-order valence-electron chi connectivity index (χ3n) is 2.18. The fraction of sp³-hybridized carbons (Fsp3) is 0.400. The molecule has 3 N–H and O–H groups in total. The largest absolute Gasteiger partial charge is 0.402 e. The molecule has 1 rings (SSSR count). The molecule has 0 spiro atoms. The molecule has 0 aliphatic heterocycles. The molecule has 0 amide bonds. The van der Waals surface area contributed by atoms with Crippen molar-refractivity contribution in [1.29, 1.82) is 0 Å². The highest BCUT2D eigenvalue weighted by Crippen LogP contribution is 2.15. The van der Waals surface area contributed by atoms with Crippen LogP contribution in [-0.4, -0.2) is 21.1 Å². The Labute approximate surface area is 103 Å². The Kier molecular flexibility index (Phi) is 4.71. The number of sulfonamides is 1. The SMILES string of the molecule is NCc1ccccc1CS(=O)(=O)NCC(F)(F)F. The van der Waals surface area contributed by atoms with Gasteiger partial charge in [-0.3, -0.25) is 0 Å². The van der Waals surface area contributed by atoms with Gasteiger partial charge in [-0.1, -0.05) is 24.3 Å². The standard InChI is InChI=1S/C10H13F3N2O2S/c11-10(12,13)7-15-18(16,17)6-9-4-2-1-3-8(9)5-14/h1-4,15H,5-7,14H2. The molecule has 18 heavy (non-hydrogen) atoms. The van der Waals surface area contributed by atoms with E-state index in [1.165, 1.54) is 10.8 Å². The molecule has 4 nitrogen and oxygen atoms in total. The van der Waals surface area contributed by atoms with Gasteiger partial charge in [0, 0.05) is 6.54 Å². The van der Waals surface area contributed by atoms with E-state index in [0.717, 1.165) is 0 Å². The van der Waals surface area contributed by atoms with Gasteiger partial charge in [-0.2, -0.15) is 13.2 Å². The maximum Gasteiger partial charge on any atom is 0.402 e. The maximum atomic E-state index is 11.9. The molecular formula is C10H13F3N2O2S. The molecular weight excluding hydrogens is 269 g/mol. The minimum atomic E-state index is -4.57. The molecule has 0 aromatic heterocycles. The normalized spacial score (nSPS) is 12.7. The van der Waals surface area contributed by atoms with Crippen LogP contribution in [0.25, 0.3) is 0 Å². The highest BCUT2D eigenvalue weighted by molar-refractivity contribution is 7.88. The molecule has 1 aromatic carbocycles. The number of nitrogens with two attached hydrogens (primary N) is 1. The first kappa shape index (κ1) is 14.9. The Morgan fingerprint density at radius 2 is 1.72 bits per heavy atom. The number of benzene rings is 1. The van der Waals surface area contributed by atoms with Crippen LogP contribution in [0.2, 0.25) is 0 Å². The summed E-state index contributed by atoms with van der Waals surface area (Å²) in [6.07, 6.45) is -4.57. The Balaban J connectivity index is 2.77. The van der Waals surface area contributed by atoms with Gasteiger partial charge in [0.15, 0.2) is 0 Å². The van der Waals surface area contributed by atoms with Gasteiger partial charge in [0.05, 0.1) is 5.75 Å². The quantitative estimate of drug-likeness (QED) is 0.850. The Morgan fingerprint density at radius 3 is 2.22 bits per heavy atom. The number of hydrogen-bond acceptors (Lipinski definition) is 3. The Morgan fingerprint density at radius 1 is 1.17 bits per heavy atom. The topological polar surface area (TPSA) is 72.2 Å². The summed E-state index contributed by atoms with van der Waals surface area (Å²) in [5.41, 5.74) is 6.41. The van der Waals surface area contributed by atoms with Gasteiger partial charge in [-0.25, -0.2) is 13.1 Å². The van der Waals surface area contributed by atoms with E-state index >= 15 is 0 Å². The average Bonchev–Trinajstić information content (AvgIpc) is 2.26. The van der Waals surface area contributed by atoms with E-state index in [9.17, 15) is 21.6 Å². The molecule has 0 unspecified atom stereocenters. The van der Waals surface area contributed by atoms with Crippen LogP contribution in [0.1, 0.15) is 11.1 Å². The predicted octanol–water partition coefficient (Wildman–Crippen LogP) is 1.13. The molecule has 0 saturated heterocycles. The first-order valence-electron chi connectivity index (χ1n) is 5.04. The van der Waals surface area contributed by atoms with Crippen molar-refractivity contribution in [2.24, 2.45) is 5.73 Å². The van der Waals surface area contributed by atoms with Crippen molar-refractivity contribution in [3.05, 3.63) is 35.4 Å². The van der Waals surface area contributed by atoms with E-state index in [-0.39, 0.29) is 6.54 Å². The lowest BCUT2D eigenvalue weighted by atomic mass is 10.1. The molecule has 0 atom stereocenters. The third kappa shape index (κ3) is 5.03. The Hall–Kier alpha value is -1.12. The number of alkyl halides is 3. The van der Waals surface area contributed by atoms with Crippen LogP contribution in [0.3, 0.4) is 0 Å². The molecule has 102 valence electrons. The van der Waals surface area contributed by atoms with E-state index in [0.29, 0.717) is 11.1 Å². The molecule has 0 heterocycles. The second-order valence-electron chi connectivity index (χ2n) is 3.67. The molecule has 1 aromatic rings. The number of hydrogen-bond donors (Lipinski definition) is 2. The van der Waals surface area contributed by atoms with E-state index in [2.05, 4.69) is 0 Å². The summed E-state index contributed by atoms with van der Waals surface area (Å²) in [5.74, 6) is -0.517. The second-order valence-corrected chi connectivity index (χ2v) is 5.48. The highest BCUT2D eigenvalue weighted by Gasteiger charge is 2.29. The van der Waals surface area contributed by atoms with Gasteiger partial charge in [-0.05, 0) is 11.1 Å². The minimum absolute atomic E-state index is 0.130. The summed E-state index contributed by atoms with van der Waals surface area (Å²) in [7, 11) is -4.03. The summed E-state index contributed by atoms with van der Waals surface area (Å²) in [4.78, 5) is 0. The molecule has 0 aliphatic rings. The first-order valence-corrected chi connectivity index (χ1v) is 6.70. The van der Waals surface area contributed by atoms with Crippen LogP contribution >= 0.6 is 0 Å². The number of nitrogens with one attached hydrogen (secondary N) is 1. The van der Waals surface area contributed by atoms with Crippen molar-refractivity contribution in [3.63, 3.8) is 0 Å². The van der Waals surface area contributed by atoms with Gasteiger partial charge in [-0.15, -0.1) is 0 Å². The summed E-state index contributed by atoms with van der Waals surface area (Å²) >= 11 is 0. The molecule has 0 radical (unpaired) electrons. The van der Waals surface area contributed by atoms with Crippen molar-refractivity contribution in [1.82, 2.24) is 4.72 Å². The average molecular weight is 282 g/mol. The van der Waals surface area contributed by atoms with Gasteiger partial charge < -0.3 is 5.73 Å². The van der Waals surface area contributed by atoms with Crippen LogP contribution in [0, 0.1) is 0 Å². The highest BCUT2D eigenvalue weighted by atomic mass is 32.2. The van der Waals surface area contributed by atoms with Crippen molar-refractivity contribution in [2.75, 3.05) is 6.54 Å². The van der Waals surface area contributed by atoms with E-state index in [1.807, 2.05) is 0 Å². The number of halogens is 3. The van der Waals surface area contributed by atoms with Gasteiger partial charge in [0.1, 0.15) is 6.54 Å². The van der Waals surface area contributed by atoms with Gasteiger partial charge in [0.25, 0.3) is 0 Å². The maximum absolute atomic E-state index is 11.9. The molecule has 8 heteroatoms. The number of rotatable bonds is 5. The van der Waals surface area contributed by atoms with Crippen LogP contribution in [0.15, 0.2) is 24.3 Å². The minimum Gasteiger partial charge on any atom is -0.326 e. The zero-order valence-corrected chi connectivity index (χ0v) is 10.2. The lowest BCUT2D eigenvalue weighted by Gasteiger charge is -2.11. The van der Waals surface area contributed by atoms with Crippen molar-refractivity contribution in [3.8, 4) is 0 Å². The van der Waals surface area contributed by atoms with E-state index < -0.39 is 28.5 Å². The van der Waals surface area contributed by atoms with Crippen molar-refractivity contribution < 1.29 is 21.6 Å². The first-order chi connectivity index (χ1) is 8.23. The molecule has 0 bridgehead atoms. The summed E-state index contributed by atoms with van der Waals surface area (Å²) in [6, 6.07) is 6.44. The summed E-state index contributed by atoms with van der Waals surface area (Å²) < 4.78 is 60.2. The fourth-order valence-electron chi connectivity index (χ4n) is 1.34. The molecule has 0 aliphatic carbocycles. The van der Waals surface area contributed by atoms with Crippen molar-refractivity contribution >= 4 is 10.0 Å². The van der Waals surface area contributed by atoms with Crippen LogP contribution in [0.4, 0.5) is 13.2 Å². The zero-order valence-electron chi connectivity index (χ0n) is 9.37. The van der Waals surface area contributed by atoms with Crippen LogP contribution in [-0.2, 0) is 22.3 Å². The van der Waals surface area contributed by atoms with Gasteiger partial charge >= 0.3 is 6.18 Å². The van der Waals surface area contributed by atoms with E-state index in [1.54, 1.807) is 18.2 Å². The van der Waals surface area contributed by atoms with Crippen LogP contribution < -0.4 is 10.5 Å². The summed E-state index contributed by atoms with van der Waals surface area (Å²) in [5, 5.41) is 0. The predicted molar refractivity (Wildman–Crippen MR) is 61.0 cm³/mol. The molecule has 0 saturated carbocycles. The van der Waals surface area contributed by atoms with E-state index in [4.69, 9.17) is 5.73 Å². The summed E-state index contributed by atoms with van der Waals surface area (Å²) in [6.45, 7) is -1.44. The fourth-order valence-corrected chi connectivity index (χ4v) is 2.52. The zero-order chi connectivity index (χ0) is 13.8. The molecule has 0 fully saturated rings. The smallest absolute Gasteiger partial charge is 0.326 e. The lowest BCUT2D eigenvalue weighted by molar-refractivity contribution is -0.121. The van der Waals surface area contributed by atoms with Crippen LogP contribution in [0.5, 0.6) is 0 Å². The lowest BCUT2D eigenvalue weighted by Crippen LogP contribution is -2.34. The van der Waals surface area contributed by atoms with Crippen molar-refractivity contribution in [2.45, 2.75) is 18.5 Å². The monoisotopic (exact) mass is 282 g/mol. The third-order valence-corrected chi connectivity index (χ3v) is 3.45. The van der Waals surface area contributed by atoms with Gasteiger partial charge in [0.2, 0.25) is 10.0 Å². The Bertz CT molecular complexity index is 500.